The number of rotatable bonds is 5. The highest BCUT2D eigenvalue weighted by atomic mass is 16.2. The normalized spacial score (nSPS) is 17.9. The van der Waals surface area contributed by atoms with Crippen molar-refractivity contribution in [3.05, 3.63) is 29.8 Å². The molecule has 0 unspecified atom stereocenters. The van der Waals surface area contributed by atoms with E-state index in [1.165, 1.54) is 0 Å². The Morgan fingerprint density at radius 2 is 1.96 bits per heavy atom. The number of nitrogens with one attached hydrogen (secondary N) is 1. The van der Waals surface area contributed by atoms with Gasteiger partial charge in [0.05, 0.1) is 0 Å². The number of anilines is 1. The van der Waals surface area contributed by atoms with E-state index in [0.717, 1.165) is 16.9 Å². The van der Waals surface area contributed by atoms with E-state index in [4.69, 9.17) is 0 Å². The third-order valence-electron chi connectivity index (χ3n) is 3.92. The maximum Gasteiger partial charge on any atom is 0.334 e. The molecule has 7 nitrogen and oxygen atoms in total. The fraction of sp³-hybridized carbons (Fsp3) is 0.375. The van der Waals surface area contributed by atoms with Gasteiger partial charge in [0.25, 0.3) is 0 Å². The molecular formula is C16H17N3O4. The molecule has 0 atom stereocenters. The SMILES string of the molecule is CCc1cccc(NC(=O)CN2C(=O)C(=O)N(C3CC3)C2=O)c1. The molecule has 0 aromatic heterocycles. The second-order valence-electron chi connectivity index (χ2n) is 5.68. The van der Waals surface area contributed by atoms with Crippen molar-refractivity contribution in [1.29, 1.82) is 0 Å². The number of urea groups is 1. The van der Waals surface area contributed by atoms with Crippen LogP contribution in [0.4, 0.5) is 10.5 Å². The summed E-state index contributed by atoms with van der Waals surface area (Å²) >= 11 is 0. The number of hydrogen-bond acceptors (Lipinski definition) is 4. The summed E-state index contributed by atoms with van der Waals surface area (Å²) in [7, 11) is 0. The van der Waals surface area contributed by atoms with E-state index in [-0.39, 0.29) is 6.04 Å². The van der Waals surface area contributed by atoms with Crippen LogP contribution in [0.25, 0.3) is 0 Å². The van der Waals surface area contributed by atoms with E-state index >= 15 is 0 Å². The standard InChI is InChI=1S/C16H17N3O4/c1-2-10-4-3-5-11(8-10)17-13(20)9-18-14(21)15(22)19(16(18)23)12-6-7-12/h3-5,8,12H,2,6-7,9H2,1H3,(H,17,20). The van der Waals surface area contributed by atoms with Gasteiger partial charge in [0, 0.05) is 11.7 Å². The van der Waals surface area contributed by atoms with Gasteiger partial charge in [-0.1, -0.05) is 19.1 Å². The van der Waals surface area contributed by atoms with E-state index in [9.17, 15) is 19.2 Å². The number of aryl methyl sites for hydroxylation is 1. The third-order valence-corrected chi connectivity index (χ3v) is 3.92. The van der Waals surface area contributed by atoms with Crippen molar-refractivity contribution in [2.24, 2.45) is 0 Å². The lowest BCUT2D eigenvalue weighted by atomic mass is 10.1. The molecule has 1 heterocycles. The molecule has 2 aliphatic rings. The molecule has 120 valence electrons. The van der Waals surface area contributed by atoms with Crippen LogP contribution in [0.2, 0.25) is 0 Å². The van der Waals surface area contributed by atoms with Gasteiger partial charge in [-0.05, 0) is 37.0 Å². The Kier molecular flexibility index (Phi) is 3.85. The van der Waals surface area contributed by atoms with Crippen molar-refractivity contribution in [3.8, 4) is 0 Å². The topological polar surface area (TPSA) is 86.8 Å². The molecule has 0 spiro atoms. The fourth-order valence-electron chi connectivity index (χ4n) is 2.53. The van der Waals surface area contributed by atoms with E-state index in [1.54, 1.807) is 6.07 Å². The maximum absolute atomic E-state index is 12.1. The van der Waals surface area contributed by atoms with Crippen LogP contribution in [-0.2, 0) is 20.8 Å². The van der Waals surface area contributed by atoms with Gasteiger partial charge >= 0.3 is 17.8 Å². The molecule has 0 radical (unpaired) electrons. The fourth-order valence-corrected chi connectivity index (χ4v) is 2.53. The van der Waals surface area contributed by atoms with Gasteiger partial charge in [-0.2, -0.15) is 0 Å². The van der Waals surface area contributed by atoms with Gasteiger partial charge in [-0.3, -0.25) is 19.3 Å². The second kappa shape index (κ2) is 5.83. The van der Waals surface area contributed by atoms with Crippen LogP contribution >= 0.6 is 0 Å². The summed E-state index contributed by atoms with van der Waals surface area (Å²) in [6.45, 7) is 1.55. The smallest absolute Gasteiger partial charge is 0.325 e. The Morgan fingerprint density at radius 1 is 1.22 bits per heavy atom. The minimum atomic E-state index is -0.931. The zero-order chi connectivity index (χ0) is 16.6. The van der Waals surface area contributed by atoms with Crippen molar-refractivity contribution in [3.63, 3.8) is 0 Å². The molecule has 23 heavy (non-hydrogen) atoms. The monoisotopic (exact) mass is 315 g/mol. The van der Waals surface area contributed by atoms with Crippen molar-refractivity contribution < 1.29 is 19.2 Å². The first kappa shape index (κ1) is 15.2. The summed E-state index contributed by atoms with van der Waals surface area (Å²) in [5.41, 5.74) is 1.66. The van der Waals surface area contributed by atoms with E-state index < -0.39 is 30.3 Å². The highest BCUT2D eigenvalue weighted by Gasteiger charge is 2.51. The van der Waals surface area contributed by atoms with Gasteiger partial charge in [0.1, 0.15) is 6.54 Å². The van der Waals surface area contributed by atoms with E-state index in [1.807, 2.05) is 25.1 Å². The van der Waals surface area contributed by atoms with Gasteiger partial charge in [-0.15, -0.1) is 0 Å². The number of benzene rings is 1. The first-order chi connectivity index (χ1) is 11.0. The molecule has 7 heteroatoms. The van der Waals surface area contributed by atoms with Gasteiger partial charge < -0.3 is 5.32 Å². The molecular weight excluding hydrogens is 298 g/mol. The number of hydrogen-bond donors (Lipinski definition) is 1. The van der Waals surface area contributed by atoms with Crippen LogP contribution in [0.5, 0.6) is 0 Å². The Balaban J connectivity index is 1.66. The lowest BCUT2D eigenvalue weighted by Gasteiger charge is -2.14. The zero-order valence-electron chi connectivity index (χ0n) is 12.7. The Hall–Kier alpha value is -2.70. The number of carbonyl (C=O) groups excluding carboxylic acids is 4. The molecule has 1 saturated carbocycles. The quantitative estimate of drug-likeness (QED) is 0.652. The predicted molar refractivity (Wildman–Crippen MR) is 81.4 cm³/mol. The molecule has 1 aliphatic heterocycles. The van der Waals surface area contributed by atoms with Crippen LogP contribution in [0.15, 0.2) is 24.3 Å². The lowest BCUT2D eigenvalue weighted by Crippen LogP contribution is -2.39. The molecule has 1 aliphatic carbocycles. The minimum absolute atomic E-state index is 0.187. The van der Waals surface area contributed by atoms with Crippen LogP contribution in [0.3, 0.4) is 0 Å². The molecule has 2 fully saturated rings. The highest BCUT2D eigenvalue weighted by Crippen LogP contribution is 2.30. The number of carbonyl (C=O) groups is 4. The van der Waals surface area contributed by atoms with Crippen LogP contribution in [0, 0.1) is 0 Å². The maximum atomic E-state index is 12.1. The summed E-state index contributed by atoms with van der Waals surface area (Å²) in [6, 6.07) is 6.43. The Morgan fingerprint density at radius 3 is 2.61 bits per heavy atom. The van der Waals surface area contributed by atoms with Crippen molar-refractivity contribution in [2.75, 3.05) is 11.9 Å². The predicted octanol–water partition coefficient (Wildman–Crippen LogP) is 1.14. The summed E-state index contributed by atoms with van der Waals surface area (Å²) < 4.78 is 0. The summed E-state index contributed by atoms with van der Waals surface area (Å²) in [4.78, 5) is 49.6. The van der Waals surface area contributed by atoms with Gasteiger partial charge in [0.15, 0.2) is 0 Å². The molecule has 1 aromatic rings. The molecule has 5 amide bonds. The van der Waals surface area contributed by atoms with Crippen LogP contribution in [0.1, 0.15) is 25.3 Å². The van der Waals surface area contributed by atoms with E-state index in [2.05, 4.69) is 5.32 Å². The molecule has 3 rings (SSSR count). The summed E-state index contributed by atoms with van der Waals surface area (Å²) in [5.74, 6) is -2.27. The Bertz CT molecular complexity index is 696. The summed E-state index contributed by atoms with van der Waals surface area (Å²) in [6.07, 6.45) is 2.26. The molecule has 0 bridgehead atoms. The first-order valence-corrected chi connectivity index (χ1v) is 7.59. The second-order valence-corrected chi connectivity index (χ2v) is 5.68. The third kappa shape index (κ3) is 2.94. The molecule has 1 aromatic carbocycles. The molecule has 1 saturated heterocycles. The number of imide groups is 2. The minimum Gasteiger partial charge on any atom is -0.325 e. The highest BCUT2D eigenvalue weighted by molar-refractivity contribution is 6.45. The van der Waals surface area contributed by atoms with E-state index in [0.29, 0.717) is 23.4 Å². The number of amides is 5. The van der Waals surface area contributed by atoms with Gasteiger partial charge in [-0.25, -0.2) is 9.69 Å². The molecule has 1 N–H and O–H groups in total. The lowest BCUT2D eigenvalue weighted by molar-refractivity contribution is -0.143. The first-order valence-electron chi connectivity index (χ1n) is 7.59. The average Bonchev–Trinajstić information content (AvgIpc) is 3.33. The van der Waals surface area contributed by atoms with Crippen LogP contribution < -0.4 is 5.32 Å². The van der Waals surface area contributed by atoms with Crippen molar-refractivity contribution in [1.82, 2.24) is 9.80 Å². The van der Waals surface area contributed by atoms with Gasteiger partial charge in [0.2, 0.25) is 5.91 Å². The van der Waals surface area contributed by atoms with Crippen LogP contribution in [-0.4, -0.2) is 46.1 Å². The van der Waals surface area contributed by atoms with Crippen molar-refractivity contribution >= 4 is 29.4 Å². The Labute approximate surface area is 133 Å². The van der Waals surface area contributed by atoms with Crippen molar-refractivity contribution in [2.45, 2.75) is 32.2 Å². The summed E-state index contributed by atoms with van der Waals surface area (Å²) in [5, 5.41) is 2.64. The zero-order valence-corrected chi connectivity index (χ0v) is 12.7. The largest absolute Gasteiger partial charge is 0.334 e. The number of nitrogens with zero attached hydrogens (tertiary/aromatic N) is 2. The average molecular weight is 315 g/mol.